The lowest BCUT2D eigenvalue weighted by Crippen LogP contribution is -2.41. The number of carbonyl (C=O) groups excluding carboxylic acids is 1. The minimum atomic E-state index is -4.50. The van der Waals surface area contributed by atoms with Gasteiger partial charge in [0.2, 0.25) is 10.0 Å². The van der Waals surface area contributed by atoms with Crippen LogP contribution in [0.15, 0.2) is 54.6 Å². The third-order valence-corrected chi connectivity index (χ3v) is 10.8. The monoisotopic (exact) mass is 657 g/mol. The molecule has 0 amide bonds. The number of benzene rings is 3. The summed E-state index contributed by atoms with van der Waals surface area (Å²) < 4.78 is 84.6. The third kappa shape index (κ3) is 6.90. The molecule has 2 aliphatic heterocycles. The second kappa shape index (κ2) is 12.9. The van der Waals surface area contributed by atoms with E-state index in [2.05, 4.69) is 0 Å². The third-order valence-electron chi connectivity index (χ3n) is 9.53. The number of piperidine rings is 1. The molecule has 7 nitrogen and oxygen atoms in total. The smallest absolute Gasteiger partial charge is 0.417 e. The summed E-state index contributed by atoms with van der Waals surface area (Å²) in [6.45, 7) is 1.20. The van der Waals surface area contributed by atoms with Crippen LogP contribution in [0.2, 0.25) is 0 Å². The SMILES string of the molecule is COC(=O)C[C@@H]1COc2cc(CC[C@@H]3CCc4c3ccc(C(F)(F)F)c4-c3ccc(OC4CCN(S(C)(=O)=O)CC4)cc3)ccc21. The predicted molar refractivity (Wildman–Crippen MR) is 168 cm³/mol. The van der Waals surface area contributed by atoms with E-state index in [0.29, 0.717) is 50.3 Å². The zero-order valence-electron chi connectivity index (χ0n) is 25.9. The lowest BCUT2D eigenvalue weighted by atomic mass is 9.88. The number of alkyl halides is 3. The maximum atomic E-state index is 14.3. The van der Waals surface area contributed by atoms with E-state index < -0.39 is 21.8 Å². The molecule has 0 bridgehead atoms. The fraction of sp³-hybridized carbons (Fsp3) is 0.457. The number of rotatable bonds is 9. The van der Waals surface area contributed by atoms with Crippen molar-refractivity contribution in [3.05, 3.63) is 82.4 Å². The van der Waals surface area contributed by atoms with Crippen LogP contribution in [0.4, 0.5) is 13.2 Å². The Bertz CT molecular complexity index is 1700. The molecule has 246 valence electrons. The van der Waals surface area contributed by atoms with Crippen molar-refractivity contribution in [3.8, 4) is 22.6 Å². The van der Waals surface area contributed by atoms with Gasteiger partial charge in [-0.25, -0.2) is 12.7 Å². The van der Waals surface area contributed by atoms with E-state index in [9.17, 15) is 26.4 Å². The maximum Gasteiger partial charge on any atom is 0.417 e. The summed E-state index contributed by atoms with van der Waals surface area (Å²) in [5, 5.41) is 0. The second-order valence-corrected chi connectivity index (χ2v) is 14.5. The van der Waals surface area contributed by atoms with Crippen molar-refractivity contribution in [2.45, 2.75) is 69.1 Å². The molecule has 1 fully saturated rings. The summed E-state index contributed by atoms with van der Waals surface area (Å²) in [5.41, 5.74) is 3.92. The minimum absolute atomic E-state index is 0.0276. The van der Waals surface area contributed by atoms with Crippen molar-refractivity contribution >= 4 is 16.0 Å². The Balaban J connectivity index is 1.16. The number of halogens is 3. The van der Waals surface area contributed by atoms with Crippen LogP contribution in [0.1, 0.15) is 71.8 Å². The fourth-order valence-corrected chi connectivity index (χ4v) is 7.97. The van der Waals surface area contributed by atoms with Gasteiger partial charge in [0.25, 0.3) is 0 Å². The molecule has 6 rings (SSSR count). The molecule has 2 atom stereocenters. The molecule has 0 radical (unpaired) electrons. The van der Waals surface area contributed by atoms with Crippen LogP contribution in [0.25, 0.3) is 11.1 Å². The van der Waals surface area contributed by atoms with Gasteiger partial charge in [-0.3, -0.25) is 4.79 Å². The topological polar surface area (TPSA) is 82.1 Å². The molecule has 1 aliphatic carbocycles. The van der Waals surface area contributed by atoms with Crippen LogP contribution < -0.4 is 9.47 Å². The molecule has 1 saturated heterocycles. The number of hydrogen-bond acceptors (Lipinski definition) is 6. The van der Waals surface area contributed by atoms with Gasteiger partial charge in [-0.15, -0.1) is 0 Å². The zero-order chi connectivity index (χ0) is 32.6. The van der Waals surface area contributed by atoms with Crippen LogP contribution in [0.3, 0.4) is 0 Å². The van der Waals surface area contributed by atoms with E-state index in [0.717, 1.165) is 47.3 Å². The molecule has 0 aromatic heterocycles. The van der Waals surface area contributed by atoms with Crippen molar-refractivity contribution in [1.82, 2.24) is 4.31 Å². The van der Waals surface area contributed by atoms with Crippen LogP contribution in [0.5, 0.6) is 11.5 Å². The standard InChI is InChI=1S/C35H38F3NO6S/c1-43-33(40)20-25-21-44-32-19-22(4-11-29(25)32)3-5-23-8-12-30-28(23)13-14-31(35(36,37)38)34(30)24-6-9-26(10-7-24)45-27-15-17-39(18-16-27)46(2,41)42/h4,6-7,9-11,13-14,19,23,25,27H,3,5,8,12,15-18,20-21H2,1-2H3/t23-,25-/m1/s1. The molecule has 0 N–H and O–H groups in total. The first-order valence-electron chi connectivity index (χ1n) is 15.7. The van der Waals surface area contributed by atoms with Gasteiger partial charge in [0, 0.05) is 24.6 Å². The van der Waals surface area contributed by atoms with Crippen LogP contribution in [-0.2, 0) is 38.6 Å². The largest absolute Gasteiger partial charge is 0.493 e. The molecule has 11 heteroatoms. The van der Waals surface area contributed by atoms with E-state index in [1.54, 1.807) is 30.3 Å². The van der Waals surface area contributed by atoms with E-state index in [1.807, 2.05) is 18.2 Å². The summed E-state index contributed by atoms with van der Waals surface area (Å²) in [4.78, 5) is 11.7. The quantitative estimate of drug-likeness (QED) is 0.234. The number of esters is 1. The molecule has 3 aromatic carbocycles. The molecule has 46 heavy (non-hydrogen) atoms. The molecule has 2 heterocycles. The highest BCUT2D eigenvalue weighted by Crippen LogP contribution is 2.47. The normalized spacial score (nSPS) is 20.2. The molecule has 3 aliphatic rings. The molecule has 0 unspecified atom stereocenters. The molecule has 0 spiro atoms. The van der Waals surface area contributed by atoms with Crippen molar-refractivity contribution in [3.63, 3.8) is 0 Å². The van der Waals surface area contributed by atoms with Gasteiger partial charge >= 0.3 is 12.1 Å². The van der Waals surface area contributed by atoms with Crippen molar-refractivity contribution < 1.29 is 40.6 Å². The first-order valence-corrected chi connectivity index (χ1v) is 17.5. The van der Waals surface area contributed by atoms with Gasteiger partial charge in [-0.2, -0.15) is 13.2 Å². The highest BCUT2D eigenvalue weighted by Gasteiger charge is 2.37. The van der Waals surface area contributed by atoms with Crippen molar-refractivity contribution in [2.24, 2.45) is 0 Å². The Hall–Kier alpha value is -3.57. The van der Waals surface area contributed by atoms with E-state index in [-0.39, 0.29) is 35.9 Å². The van der Waals surface area contributed by atoms with Gasteiger partial charge in [0.05, 0.1) is 32.0 Å². The Morgan fingerprint density at radius 3 is 2.37 bits per heavy atom. The number of nitrogens with zero attached hydrogens (tertiary/aromatic N) is 1. The second-order valence-electron chi connectivity index (χ2n) is 12.5. The average molecular weight is 658 g/mol. The number of aryl methyl sites for hydroxylation is 1. The van der Waals surface area contributed by atoms with Crippen LogP contribution in [-0.4, -0.2) is 57.9 Å². The lowest BCUT2D eigenvalue weighted by Gasteiger charge is -2.30. The summed E-state index contributed by atoms with van der Waals surface area (Å²) in [6.07, 6.45) is 0.812. The van der Waals surface area contributed by atoms with Crippen molar-refractivity contribution in [1.29, 1.82) is 0 Å². The van der Waals surface area contributed by atoms with Crippen LogP contribution in [0, 0.1) is 0 Å². The Morgan fingerprint density at radius 2 is 1.70 bits per heavy atom. The summed E-state index contributed by atoms with van der Waals surface area (Å²) in [5.74, 6) is 1.17. The number of methoxy groups -OCH3 is 1. The van der Waals surface area contributed by atoms with Crippen LogP contribution >= 0.6 is 0 Å². The van der Waals surface area contributed by atoms with Crippen molar-refractivity contribution in [2.75, 3.05) is 33.1 Å². The Labute approximate surface area is 267 Å². The van der Waals surface area contributed by atoms with Gasteiger partial charge in [0.1, 0.15) is 17.6 Å². The number of carbonyl (C=O) groups is 1. The first kappa shape index (κ1) is 32.4. The molecule has 0 saturated carbocycles. The predicted octanol–water partition coefficient (Wildman–Crippen LogP) is 6.88. The Morgan fingerprint density at radius 1 is 0.978 bits per heavy atom. The summed E-state index contributed by atoms with van der Waals surface area (Å²) >= 11 is 0. The Kier molecular flexibility index (Phi) is 9.08. The van der Waals surface area contributed by atoms with Gasteiger partial charge in [-0.1, -0.05) is 30.3 Å². The number of ether oxygens (including phenoxy) is 3. The molecular formula is C35H38F3NO6S. The van der Waals surface area contributed by atoms with E-state index >= 15 is 0 Å². The first-order chi connectivity index (χ1) is 21.9. The fourth-order valence-electron chi connectivity index (χ4n) is 7.10. The zero-order valence-corrected chi connectivity index (χ0v) is 26.8. The minimum Gasteiger partial charge on any atom is -0.493 e. The maximum absolute atomic E-state index is 14.3. The average Bonchev–Trinajstić information content (AvgIpc) is 3.63. The van der Waals surface area contributed by atoms with Gasteiger partial charge in [-0.05, 0) is 96.5 Å². The van der Waals surface area contributed by atoms with E-state index in [4.69, 9.17) is 14.2 Å². The van der Waals surface area contributed by atoms with Gasteiger partial charge in [0.15, 0.2) is 0 Å². The summed E-state index contributed by atoms with van der Waals surface area (Å²) in [7, 11) is -1.87. The summed E-state index contributed by atoms with van der Waals surface area (Å²) in [6, 6.07) is 15.7. The number of hydrogen-bond donors (Lipinski definition) is 0. The lowest BCUT2D eigenvalue weighted by molar-refractivity contribution is -0.141. The molecular weight excluding hydrogens is 619 g/mol. The number of sulfonamides is 1. The van der Waals surface area contributed by atoms with E-state index in [1.165, 1.54) is 23.7 Å². The molecule has 3 aromatic rings. The highest BCUT2D eigenvalue weighted by atomic mass is 32.2. The number of fused-ring (bicyclic) bond motifs is 2. The highest BCUT2D eigenvalue weighted by molar-refractivity contribution is 7.88. The van der Waals surface area contributed by atoms with Gasteiger partial charge < -0.3 is 14.2 Å².